The van der Waals surface area contributed by atoms with Gasteiger partial charge in [0.15, 0.2) is 0 Å². The van der Waals surface area contributed by atoms with Crippen LogP contribution in [0.2, 0.25) is 0 Å². The summed E-state index contributed by atoms with van der Waals surface area (Å²) < 4.78 is 9.02. The minimum Gasteiger partial charge on any atom is -0.392 e. The van der Waals surface area contributed by atoms with Gasteiger partial charge in [-0.05, 0) is 13.8 Å². The van der Waals surface area contributed by atoms with Crippen molar-refractivity contribution in [1.82, 2.24) is 0 Å². The summed E-state index contributed by atoms with van der Waals surface area (Å²) >= 11 is 0. The molecule has 3 fully saturated rings. The summed E-state index contributed by atoms with van der Waals surface area (Å²) in [5.41, 5.74) is -2.45. The monoisotopic (exact) mass is 254 g/mol. The van der Waals surface area contributed by atoms with Crippen molar-refractivity contribution in [3.05, 3.63) is 0 Å². The van der Waals surface area contributed by atoms with Gasteiger partial charge >= 0.3 is 23.9 Å². The SMILES string of the molecule is CC.CC12C(=O)OC(=O)C1C1(C)C(=O)OC(=O)C21. The Bertz CT molecular complexity index is 425. The van der Waals surface area contributed by atoms with E-state index in [2.05, 4.69) is 9.47 Å². The molecule has 0 amide bonds. The maximum absolute atomic E-state index is 11.5. The molecular weight excluding hydrogens is 240 g/mol. The number of hydrogen-bond donors (Lipinski definition) is 0. The van der Waals surface area contributed by atoms with Crippen LogP contribution in [0, 0.1) is 22.7 Å². The molecule has 0 radical (unpaired) electrons. The van der Waals surface area contributed by atoms with Crippen LogP contribution in [0.15, 0.2) is 0 Å². The smallest absolute Gasteiger partial charge is 0.321 e. The van der Waals surface area contributed by atoms with E-state index in [4.69, 9.17) is 0 Å². The number of ether oxygens (including phenoxy) is 2. The summed E-state index contributed by atoms with van der Waals surface area (Å²) in [6.45, 7) is 6.94. The Labute approximate surface area is 104 Å². The van der Waals surface area contributed by atoms with E-state index in [1.54, 1.807) is 0 Å². The topological polar surface area (TPSA) is 86.7 Å². The highest BCUT2D eigenvalue weighted by atomic mass is 16.6. The lowest BCUT2D eigenvalue weighted by Gasteiger charge is -2.50. The third-order valence-corrected chi connectivity index (χ3v) is 4.14. The van der Waals surface area contributed by atoms with E-state index in [0.717, 1.165) is 0 Å². The number of rotatable bonds is 0. The third kappa shape index (κ3) is 0.996. The zero-order valence-electron chi connectivity index (χ0n) is 10.6. The zero-order chi connectivity index (χ0) is 13.9. The van der Waals surface area contributed by atoms with Crippen LogP contribution in [0.3, 0.4) is 0 Å². The molecule has 3 aliphatic rings. The van der Waals surface area contributed by atoms with Crippen molar-refractivity contribution >= 4 is 23.9 Å². The van der Waals surface area contributed by atoms with Gasteiger partial charge in [-0.1, -0.05) is 13.8 Å². The average Bonchev–Trinajstić information content (AvgIpc) is 2.60. The van der Waals surface area contributed by atoms with E-state index in [1.165, 1.54) is 13.8 Å². The van der Waals surface area contributed by atoms with Crippen LogP contribution in [0.25, 0.3) is 0 Å². The van der Waals surface area contributed by atoms with Crippen molar-refractivity contribution in [2.24, 2.45) is 22.7 Å². The second-order valence-electron chi connectivity index (χ2n) is 4.85. The molecule has 0 aromatic rings. The van der Waals surface area contributed by atoms with Crippen LogP contribution >= 0.6 is 0 Å². The summed E-state index contributed by atoms with van der Waals surface area (Å²) in [6.07, 6.45) is 0. The summed E-state index contributed by atoms with van der Waals surface area (Å²) in [6, 6.07) is 0. The highest BCUT2D eigenvalue weighted by Crippen LogP contribution is 2.70. The van der Waals surface area contributed by atoms with Gasteiger partial charge in [-0.15, -0.1) is 0 Å². The van der Waals surface area contributed by atoms with Gasteiger partial charge in [-0.3, -0.25) is 19.2 Å². The standard InChI is InChI=1S/C10H8O6.C2H6/c1-9-3(5(11)15-7(9)13)10(2)4(9)6(12)16-8(10)14;1-2/h3-4H,1-2H3;1-2H3. The molecule has 2 aliphatic heterocycles. The molecule has 18 heavy (non-hydrogen) atoms. The molecule has 2 heterocycles. The van der Waals surface area contributed by atoms with Gasteiger partial charge in [0.2, 0.25) is 0 Å². The first kappa shape index (κ1) is 12.7. The fourth-order valence-electron chi connectivity index (χ4n) is 3.45. The molecule has 3 rings (SSSR count). The Kier molecular flexibility index (Phi) is 2.40. The van der Waals surface area contributed by atoms with E-state index < -0.39 is 46.5 Å². The highest BCUT2D eigenvalue weighted by molar-refractivity contribution is 6.14. The van der Waals surface area contributed by atoms with E-state index >= 15 is 0 Å². The second kappa shape index (κ2) is 3.40. The molecule has 0 aromatic carbocycles. The molecule has 98 valence electrons. The first-order valence-corrected chi connectivity index (χ1v) is 5.87. The molecule has 6 nitrogen and oxygen atoms in total. The van der Waals surface area contributed by atoms with Crippen molar-refractivity contribution in [1.29, 1.82) is 0 Å². The van der Waals surface area contributed by atoms with Crippen molar-refractivity contribution < 1.29 is 28.7 Å². The van der Waals surface area contributed by atoms with Gasteiger partial charge in [0, 0.05) is 0 Å². The van der Waals surface area contributed by atoms with Crippen molar-refractivity contribution in [3.8, 4) is 0 Å². The summed E-state index contributed by atoms with van der Waals surface area (Å²) in [7, 11) is 0. The van der Waals surface area contributed by atoms with Gasteiger partial charge in [0.25, 0.3) is 0 Å². The van der Waals surface area contributed by atoms with Gasteiger partial charge in [0.05, 0.1) is 22.7 Å². The fraction of sp³-hybridized carbons (Fsp3) is 0.667. The van der Waals surface area contributed by atoms with E-state index in [9.17, 15) is 19.2 Å². The first-order valence-electron chi connectivity index (χ1n) is 5.87. The van der Waals surface area contributed by atoms with Crippen LogP contribution in [0.4, 0.5) is 0 Å². The lowest BCUT2D eigenvalue weighted by atomic mass is 9.41. The second-order valence-corrected chi connectivity index (χ2v) is 4.85. The summed E-state index contributed by atoms with van der Waals surface area (Å²) in [4.78, 5) is 46.1. The van der Waals surface area contributed by atoms with Gasteiger partial charge in [-0.25, -0.2) is 0 Å². The molecular formula is C12H14O6. The molecule has 2 saturated heterocycles. The van der Waals surface area contributed by atoms with Gasteiger partial charge < -0.3 is 9.47 Å². The van der Waals surface area contributed by atoms with Crippen molar-refractivity contribution in [2.45, 2.75) is 27.7 Å². The Morgan fingerprint density at radius 3 is 1.33 bits per heavy atom. The fourth-order valence-corrected chi connectivity index (χ4v) is 3.45. The number of hydrogen-bond acceptors (Lipinski definition) is 6. The quantitative estimate of drug-likeness (QED) is 0.460. The third-order valence-electron chi connectivity index (χ3n) is 4.14. The molecule has 1 saturated carbocycles. The Hall–Kier alpha value is -1.72. The lowest BCUT2D eigenvalue weighted by molar-refractivity contribution is -0.180. The Morgan fingerprint density at radius 1 is 0.778 bits per heavy atom. The maximum atomic E-state index is 11.5. The largest absolute Gasteiger partial charge is 0.392 e. The summed E-state index contributed by atoms with van der Waals surface area (Å²) in [5.74, 6) is -4.74. The average molecular weight is 254 g/mol. The molecule has 0 aromatic heterocycles. The van der Waals surface area contributed by atoms with Crippen molar-refractivity contribution in [2.75, 3.05) is 0 Å². The van der Waals surface area contributed by atoms with Crippen LogP contribution in [-0.4, -0.2) is 23.9 Å². The van der Waals surface area contributed by atoms with E-state index in [1.807, 2.05) is 13.8 Å². The number of esters is 4. The number of carbonyl (C=O) groups excluding carboxylic acids is 4. The molecule has 0 N–H and O–H groups in total. The first-order chi connectivity index (χ1) is 8.34. The number of fused-ring (bicyclic) bond motifs is 4. The Morgan fingerprint density at radius 2 is 1.06 bits per heavy atom. The highest BCUT2D eigenvalue weighted by Gasteiger charge is 2.85. The van der Waals surface area contributed by atoms with Gasteiger partial charge in [-0.2, -0.15) is 0 Å². The predicted molar refractivity (Wildman–Crippen MR) is 56.7 cm³/mol. The van der Waals surface area contributed by atoms with Crippen molar-refractivity contribution in [3.63, 3.8) is 0 Å². The lowest BCUT2D eigenvalue weighted by Crippen LogP contribution is -2.65. The van der Waals surface area contributed by atoms with Crippen LogP contribution in [0.5, 0.6) is 0 Å². The van der Waals surface area contributed by atoms with Crippen LogP contribution in [0.1, 0.15) is 27.7 Å². The van der Waals surface area contributed by atoms with Crippen LogP contribution < -0.4 is 0 Å². The number of cyclic esters (lactones) is 4. The molecule has 6 heteroatoms. The van der Waals surface area contributed by atoms with E-state index in [0.29, 0.717) is 0 Å². The normalized spacial score (nSPS) is 44.2. The minimum atomic E-state index is -1.23. The number of carbonyl (C=O) groups is 4. The molecule has 0 atom stereocenters. The molecule has 1 aliphatic carbocycles. The van der Waals surface area contributed by atoms with Gasteiger partial charge in [0.1, 0.15) is 0 Å². The summed E-state index contributed by atoms with van der Waals surface area (Å²) in [5, 5.41) is 0. The van der Waals surface area contributed by atoms with Crippen LogP contribution in [-0.2, 0) is 28.7 Å². The maximum Gasteiger partial charge on any atom is 0.321 e. The molecule has 0 unspecified atom stereocenters. The predicted octanol–water partition coefficient (Wildman–Crippen LogP) is 0.438. The molecule has 0 spiro atoms. The molecule has 0 bridgehead atoms. The van der Waals surface area contributed by atoms with E-state index in [-0.39, 0.29) is 0 Å². The minimum absolute atomic E-state index is 0.738. The Balaban J connectivity index is 0.000000574. The zero-order valence-corrected chi connectivity index (χ0v) is 10.6.